The Bertz CT molecular complexity index is 926. The zero-order valence-corrected chi connectivity index (χ0v) is 11.4. The molecule has 0 bridgehead atoms. The van der Waals surface area contributed by atoms with E-state index in [1.54, 1.807) is 4.52 Å². The summed E-state index contributed by atoms with van der Waals surface area (Å²) in [6, 6.07) is 11.4. The molecule has 0 amide bonds. The molecule has 0 fully saturated rings. The Morgan fingerprint density at radius 1 is 1.24 bits per heavy atom. The topological polar surface area (TPSA) is 65.5 Å². The molecule has 0 N–H and O–H groups in total. The first-order valence-electron chi connectivity index (χ1n) is 6.57. The van der Waals surface area contributed by atoms with Gasteiger partial charge in [-0.3, -0.25) is 0 Å². The number of nitrogens with zero attached hydrogens (tertiary/aromatic N) is 4. The first-order chi connectivity index (χ1) is 10.3. The van der Waals surface area contributed by atoms with E-state index in [1.807, 2.05) is 43.3 Å². The number of oxazole rings is 1. The summed E-state index contributed by atoms with van der Waals surface area (Å²) in [5, 5.41) is 4.18. The van der Waals surface area contributed by atoms with Crippen molar-refractivity contribution in [1.29, 1.82) is 0 Å². The third-order valence-corrected chi connectivity index (χ3v) is 3.23. The predicted molar refractivity (Wildman–Crippen MR) is 76.1 cm³/mol. The molecule has 3 aromatic heterocycles. The maximum Gasteiger partial charge on any atom is 0.192 e. The Kier molecular flexibility index (Phi) is 2.60. The highest BCUT2D eigenvalue weighted by Crippen LogP contribution is 2.22. The average molecular weight is 280 g/mol. The van der Waals surface area contributed by atoms with Gasteiger partial charge in [0.05, 0.1) is 5.69 Å². The van der Waals surface area contributed by atoms with Crippen LogP contribution in [0.4, 0.5) is 0 Å². The number of aryl methyl sites for hydroxylation is 1. The molecule has 4 aromatic rings. The second-order valence-electron chi connectivity index (χ2n) is 4.70. The van der Waals surface area contributed by atoms with Crippen LogP contribution in [0.2, 0.25) is 0 Å². The summed E-state index contributed by atoms with van der Waals surface area (Å²) in [5.74, 6) is 1.38. The number of aromatic nitrogens is 4. The third-order valence-electron chi connectivity index (χ3n) is 3.23. The van der Waals surface area contributed by atoms with Crippen LogP contribution in [-0.4, -0.2) is 19.6 Å². The second-order valence-corrected chi connectivity index (χ2v) is 4.70. The number of rotatable bonds is 3. The Balaban J connectivity index is 1.61. The highest BCUT2D eigenvalue weighted by Gasteiger charge is 2.06. The van der Waals surface area contributed by atoms with Gasteiger partial charge in [0.25, 0.3) is 0 Å². The molecule has 0 aliphatic heterocycles. The Labute approximate surface area is 120 Å². The van der Waals surface area contributed by atoms with Gasteiger partial charge in [-0.1, -0.05) is 6.07 Å². The number of ether oxygens (including phenoxy) is 1. The minimum atomic E-state index is 0.402. The third kappa shape index (κ3) is 2.10. The van der Waals surface area contributed by atoms with E-state index in [9.17, 15) is 0 Å². The van der Waals surface area contributed by atoms with E-state index in [-0.39, 0.29) is 0 Å². The number of hydrogen-bond donors (Lipinski definition) is 0. The lowest BCUT2D eigenvalue weighted by Gasteiger charge is -2.07. The molecule has 0 saturated carbocycles. The molecule has 0 radical (unpaired) electrons. The van der Waals surface area contributed by atoms with E-state index >= 15 is 0 Å². The van der Waals surface area contributed by atoms with E-state index in [0.717, 1.165) is 28.2 Å². The van der Waals surface area contributed by atoms with Crippen LogP contribution >= 0.6 is 0 Å². The Morgan fingerprint density at radius 2 is 2.19 bits per heavy atom. The van der Waals surface area contributed by atoms with Gasteiger partial charge < -0.3 is 9.15 Å². The van der Waals surface area contributed by atoms with Crippen LogP contribution in [0.3, 0.4) is 0 Å². The molecule has 0 atom stereocenters. The van der Waals surface area contributed by atoms with Crippen LogP contribution in [-0.2, 0) is 6.61 Å². The van der Waals surface area contributed by atoms with Crippen molar-refractivity contribution in [1.82, 2.24) is 19.6 Å². The highest BCUT2D eigenvalue weighted by molar-refractivity contribution is 5.74. The molecular formula is C15H12N4O2. The monoisotopic (exact) mass is 280 g/mol. The molecule has 3 heterocycles. The Morgan fingerprint density at radius 3 is 3.14 bits per heavy atom. The number of fused-ring (bicyclic) bond motifs is 2. The van der Waals surface area contributed by atoms with Gasteiger partial charge in [-0.2, -0.15) is 5.10 Å². The van der Waals surface area contributed by atoms with Crippen LogP contribution in [0.5, 0.6) is 5.75 Å². The summed E-state index contributed by atoms with van der Waals surface area (Å²) in [6.07, 6.45) is 1.53. The van der Waals surface area contributed by atoms with E-state index < -0.39 is 0 Å². The van der Waals surface area contributed by atoms with Gasteiger partial charge in [0.2, 0.25) is 0 Å². The largest absolute Gasteiger partial charge is 0.487 e. The first kappa shape index (κ1) is 11.9. The van der Waals surface area contributed by atoms with E-state index in [1.165, 1.54) is 6.33 Å². The molecule has 104 valence electrons. The van der Waals surface area contributed by atoms with Crippen molar-refractivity contribution in [3.05, 3.63) is 54.3 Å². The zero-order chi connectivity index (χ0) is 14.2. The number of pyridine rings is 1. The van der Waals surface area contributed by atoms with E-state index in [4.69, 9.17) is 9.15 Å². The SMILES string of the molecule is Cc1nc2ccc(OCc3cccc4ncnn34)cc2o1. The van der Waals surface area contributed by atoms with Gasteiger partial charge >= 0.3 is 0 Å². The highest BCUT2D eigenvalue weighted by atomic mass is 16.5. The van der Waals surface area contributed by atoms with E-state index in [2.05, 4.69) is 15.1 Å². The minimum absolute atomic E-state index is 0.402. The number of benzene rings is 1. The molecule has 1 aromatic carbocycles. The molecule has 6 nitrogen and oxygen atoms in total. The summed E-state index contributed by atoms with van der Waals surface area (Å²) >= 11 is 0. The van der Waals surface area contributed by atoms with Crippen molar-refractivity contribution in [3.8, 4) is 5.75 Å². The number of hydrogen-bond acceptors (Lipinski definition) is 5. The summed E-state index contributed by atoms with van der Waals surface area (Å²) < 4.78 is 13.1. The fraction of sp³-hybridized carbons (Fsp3) is 0.133. The lowest BCUT2D eigenvalue weighted by molar-refractivity contribution is 0.298. The van der Waals surface area contributed by atoms with Crippen LogP contribution in [0.25, 0.3) is 16.7 Å². The molecule has 4 rings (SSSR count). The van der Waals surface area contributed by atoms with E-state index in [0.29, 0.717) is 12.5 Å². The van der Waals surface area contributed by atoms with Crippen molar-refractivity contribution < 1.29 is 9.15 Å². The predicted octanol–water partition coefficient (Wildman–Crippen LogP) is 2.76. The standard InChI is InChI=1S/C15H12N4O2/c1-10-18-13-6-5-12(7-14(13)21-10)20-8-11-3-2-4-15-16-9-17-19(11)15/h2-7,9H,8H2,1H3. The first-order valence-corrected chi connectivity index (χ1v) is 6.57. The van der Waals surface area contributed by atoms with Gasteiger partial charge in [-0.05, 0) is 24.3 Å². The summed E-state index contributed by atoms with van der Waals surface area (Å²) in [5.41, 5.74) is 3.29. The smallest absolute Gasteiger partial charge is 0.192 e. The van der Waals surface area contributed by atoms with Crippen LogP contribution in [0.15, 0.2) is 47.1 Å². The van der Waals surface area contributed by atoms with Crippen molar-refractivity contribution in [3.63, 3.8) is 0 Å². The second kappa shape index (κ2) is 4.59. The van der Waals surface area contributed by atoms with Crippen molar-refractivity contribution in [2.24, 2.45) is 0 Å². The van der Waals surface area contributed by atoms with Crippen LogP contribution in [0.1, 0.15) is 11.6 Å². The normalized spacial score (nSPS) is 11.3. The molecule has 0 aliphatic carbocycles. The van der Waals surface area contributed by atoms with Gasteiger partial charge in [0.1, 0.15) is 24.2 Å². The lowest BCUT2D eigenvalue weighted by atomic mass is 10.3. The van der Waals surface area contributed by atoms with Crippen molar-refractivity contribution >= 4 is 16.7 Å². The summed E-state index contributed by atoms with van der Waals surface area (Å²) in [6.45, 7) is 2.23. The molecule has 0 saturated heterocycles. The molecule has 0 aliphatic rings. The van der Waals surface area contributed by atoms with Gasteiger partial charge in [0, 0.05) is 13.0 Å². The molecule has 21 heavy (non-hydrogen) atoms. The zero-order valence-electron chi connectivity index (χ0n) is 11.4. The molecular weight excluding hydrogens is 268 g/mol. The van der Waals surface area contributed by atoms with Gasteiger partial charge in [-0.15, -0.1) is 0 Å². The van der Waals surface area contributed by atoms with Crippen molar-refractivity contribution in [2.75, 3.05) is 0 Å². The van der Waals surface area contributed by atoms with Crippen LogP contribution in [0, 0.1) is 6.92 Å². The Hall–Kier alpha value is -2.89. The molecule has 6 heteroatoms. The molecule has 0 unspecified atom stereocenters. The van der Waals surface area contributed by atoms with Crippen LogP contribution < -0.4 is 4.74 Å². The fourth-order valence-corrected chi connectivity index (χ4v) is 2.28. The average Bonchev–Trinajstić information content (AvgIpc) is 3.09. The lowest BCUT2D eigenvalue weighted by Crippen LogP contribution is -2.03. The van der Waals surface area contributed by atoms with Gasteiger partial charge in [-0.25, -0.2) is 14.5 Å². The maximum atomic E-state index is 5.81. The quantitative estimate of drug-likeness (QED) is 0.577. The fourth-order valence-electron chi connectivity index (χ4n) is 2.28. The summed E-state index contributed by atoms with van der Waals surface area (Å²) in [7, 11) is 0. The minimum Gasteiger partial charge on any atom is -0.487 e. The molecule has 0 spiro atoms. The summed E-state index contributed by atoms with van der Waals surface area (Å²) in [4.78, 5) is 8.41. The van der Waals surface area contributed by atoms with Gasteiger partial charge in [0.15, 0.2) is 17.1 Å². The van der Waals surface area contributed by atoms with Crippen molar-refractivity contribution in [2.45, 2.75) is 13.5 Å². The maximum absolute atomic E-state index is 5.81.